The first-order valence-electron chi connectivity index (χ1n) is 31.1. The lowest BCUT2D eigenvalue weighted by atomic mass is 9.99. The number of allylic oxidation sites excluding steroid dienone is 3. The van der Waals surface area contributed by atoms with Crippen LogP contribution in [0.25, 0.3) is 0 Å². The van der Waals surface area contributed by atoms with E-state index >= 15 is 0 Å². The molecule has 0 radical (unpaired) electrons. The number of unbranched alkanes of at least 4 members (excludes halogenated alkanes) is 38. The van der Waals surface area contributed by atoms with Crippen LogP contribution in [0.1, 0.15) is 296 Å². The maximum Gasteiger partial charge on any atom is 0.305 e. The number of aliphatic hydroxyl groups excluding tert-OH is 5. The number of amides is 1. The van der Waals surface area contributed by atoms with Crippen LogP contribution in [-0.4, -0.2) is 100 Å². The Bertz CT molecular complexity index is 1260. The van der Waals surface area contributed by atoms with Gasteiger partial charge in [-0.25, -0.2) is 0 Å². The molecule has 0 bridgehead atoms. The van der Waals surface area contributed by atoms with Crippen LogP contribution >= 0.6 is 0 Å². The summed E-state index contributed by atoms with van der Waals surface area (Å²) in [6.07, 6.45) is 52.6. The zero-order chi connectivity index (χ0) is 53.1. The van der Waals surface area contributed by atoms with E-state index in [-0.39, 0.29) is 18.5 Å². The fraction of sp³-hybridized carbons (Fsp3) is 0.903. The third-order valence-corrected chi connectivity index (χ3v) is 14.8. The fourth-order valence-corrected chi connectivity index (χ4v) is 9.86. The molecule has 0 aromatic carbocycles. The fourth-order valence-electron chi connectivity index (χ4n) is 9.86. The number of nitrogens with one attached hydrogen (secondary N) is 1. The summed E-state index contributed by atoms with van der Waals surface area (Å²) >= 11 is 0. The Morgan fingerprint density at radius 1 is 0.493 bits per heavy atom. The van der Waals surface area contributed by atoms with Crippen LogP contribution in [0, 0.1) is 0 Å². The van der Waals surface area contributed by atoms with Crippen molar-refractivity contribution in [1.29, 1.82) is 0 Å². The number of ether oxygens (including phenoxy) is 3. The van der Waals surface area contributed by atoms with Crippen molar-refractivity contribution in [2.75, 3.05) is 19.8 Å². The molecule has 430 valence electrons. The van der Waals surface area contributed by atoms with Gasteiger partial charge in [0.15, 0.2) is 6.29 Å². The van der Waals surface area contributed by atoms with Crippen molar-refractivity contribution < 1.29 is 49.3 Å². The summed E-state index contributed by atoms with van der Waals surface area (Å²) in [5.74, 6) is -0.199. The molecule has 73 heavy (non-hydrogen) atoms. The second-order valence-electron chi connectivity index (χ2n) is 21.8. The Morgan fingerprint density at radius 3 is 1.36 bits per heavy atom. The van der Waals surface area contributed by atoms with Crippen molar-refractivity contribution in [2.24, 2.45) is 0 Å². The van der Waals surface area contributed by atoms with Gasteiger partial charge in [0.05, 0.1) is 32.0 Å². The van der Waals surface area contributed by atoms with Gasteiger partial charge in [-0.2, -0.15) is 0 Å². The minimum atomic E-state index is -1.58. The second kappa shape index (κ2) is 52.2. The highest BCUT2D eigenvalue weighted by Crippen LogP contribution is 2.23. The predicted molar refractivity (Wildman–Crippen MR) is 301 cm³/mol. The van der Waals surface area contributed by atoms with Gasteiger partial charge < -0.3 is 45.1 Å². The highest BCUT2D eigenvalue weighted by molar-refractivity contribution is 5.76. The smallest absolute Gasteiger partial charge is 0.305 e. The molecule has 0 spiro atoms. The molecule has 0 saturated carbocycles. The molecule has 1 amide bonds. The molecule has 6 N–H and O–H groups in total. The molecule has 11 nitrogen and oxygen atoms in total. The number of esters is 1. The van der Waals surface area contributed by atoms with Gasteiger partial charge >= 0.3 is 5.97 Å². The topological polar surface area (TPSA) is 175 Å². The maximum absolute atomic E-state index is 13.1. The first-order valence-corrected chi connectivity index (χ1v) is 31.1. The molecular formula is C62H117NO10. The predicted octanol–water partition coefficient (Wildman–Crippen LogP) is 14.5. The molecule has 1 fully saturated rings. The van der Waals surface area contributed by atoms with Crippen LogP contribution < -0.4 is 5.32 Å². The van der Waals surface area contributed by atoms with E-state index in [9.17, 15) is 35.1 Å². The van der Waals surface area contributed by atoms with Crippen molar-refractivity contribution in [3.8, 4) is 0 Å². The van der Waals surface area contributed by atoms with Crippen molar-refractivity contribution >= 4 is 11.9 Å². The molecule has 1 rings (SSSR count). The highest BCUT2D eigenvalue weighted by atomic mass is 16.7. The molecule has 1 aliphatic heterocycles. The quantitative estimate of drug-likeness (QED) is 0.0195. The van der Waals surface area contributed by atoms with Gasteiger partial charge in [-0.1, -0.05) is 263 Å². The summed E-state index contributed by atoms with van der Waals surface area (Å²) in [5, 5.41) is 54.4. The summed E-state index contributed by atoms with van der Waals surface area (Å²) in [7, 11) is 0. The Hall–Kier alpha value is -1.86. The van der Waals surface area contributed by atoms with E-state index < -0.39 is 49.5 Å². The van der Waals surface area contributed by atoms with E-state index in [1.165, 1.54) is 205 Å². The number of rotatable bonds is 54. The molecular weight excluding hydrogens is 919 g/mol. The minimum absolute atomic E-state index is 0.00628. The van der Waals surface area contributed by atoms with Crippen molar-refractivity contribution in [1.82, 2.24) is 5.32 Å². The third kappa shape index (κ3) is 41.9. The van der Waals surface area contributed by atoms with Crippen molar-refractivity contribution in [3.63, 3.8) is 0 Å². The van der Waals surface area contributed by atoms with Gasteiger partial charge in [-0.15, -0.1) is 0 Å². The third-order valence-electron chi connectivity index (χ3n) is 14.8. The van der Waals surface area contributed by atoms with Gasteiger partial charge in [0.2, 0.25) is 5.91 Å². The number of hydrogen-bond donors (Lipinski definition) is 6. The van der Waals surface area contributed by atoms with Crippen LogP contribution in [0.15, 0.2) is 24.3 Å². The maximum atomic E-state index is 13.1. The van der Waals surface area contributed by atoms with Crippen LogP contribution in [0.5, 0.6) is 0 Å². The van der Waals surface area contributed by atoms with Crippen molar-refractivity contribution in [2.45, 2.75) is 339 Å². The molecule has 1 saturated heterocycles. The largest absolute Gasteiger partial charge is 0.466 e. The Kier molecular flexibility index (Phi) is 49.5. The molecule has 11 heteroatoms. The minimum Gasteiger partial charge on any atom is -0.466 e. The van der Waals surface area contributed by atoms with Gasteiger partial charge in [0.1, 0.15) is 24.4 Å². The lowest BCUT2D eigenvalue weighted by molar-refractivity contribution is -0.302. The summed E-state index contributed by atoms with van der Waals surface area (Å²) < 4.78 is 16.7. The monoisotopic (exact) mass is 1040 g/mol. The van der Waals surface area contributed by atoms with E-state index in [2.05, 4.69) is 31.3 Å². The van der Waals surface area contributed by atoms with Crippen molar-refractivity contribution in [3.05, 3.63) is 24.3 Å². The van der Waals surface area contributed by atoms with E-state index in [0.29, 0.717) is 19.4 Å². The molecule has 0 aromatic heterocycles. The van der Waals surface area contributed by atoms with Crippen LogP contribution in [0.4, 0.5) is 0 Å². The van der Waals surface area contributed by atoms with Crippen LogP contribution in [-0.2, 0) is 23.8 Å². The van der Waals surface area contributed by atoms with Gasteiger partial charge in [0.25, 0.3) is 0 Å². The molecule has 1 heterocycles. The molecule has 1 aliphatic rings. The zero-order valence-electron chi connectivity index (χ0n) is 47.4. The van der Waals surface area contributed by atoms with E-state index in [4.69, 9.17) is 14.2 Å². The number of carbonyl (C=O) groups excluding carboxylic acids is 2. The molecule has 7 atom stereocenters. The van der Waals surface area contributed by atoms with E-state index in [1.807, 2.05) is 6.08 Å². The standard InChI is InChI=1S/C62H117NO10/c1-3-5-7-9-11-13-15-16-22-25-29-32-36-40-44-48-55(65)54(53-72-62-61(70)60(69)59(68)56(52-64)73-62)63-57(66)49-45-41-37-33-30-26-23-20-18-17-19-21-24-27-31-35-39-43-47-51-71-58(67)50-46-42-38-34-28-14-12-10-8-6-4-2/h29,32,44,48,54-56,59-62,64-65,68-70H,3-28,30-31,33-43,45-47,49-53H2,1-2H3,(H,63,66)/b32-29+,48-44+. The number of hydrogen-bond acceptors (Lipinski definition) is 10. The normalized spacial score (nSPS) is 19.0. The number of carbonyl (C=O) groups is 2. The summed E-state index contributed by atoms with van der Waals surface area (Å²) in [6.45, 7) is 4.33. The average molecular weight is 1040 g/mol. The van der Waals surface area contributed by atoms with Crippen LogP contribution in [0.2, 0.25) is 0 Å². The molecule has 0 aromatic rings. The SMILES string of the molecule is CCCCCCCCCCC/C=C/CC/C=C/C(O)C(COC1OC(CO)C(O)C(O)C1O)NC(=O)CCCCCCCCCCCCCCCCCCCCCOC(=O)CCCCCCCCCCCCC. The van der Waals surface area contributed by atoms with Gasteiger partial charge in [-0.05, 0) is 44.9 Å². The van der Waals surface area contributed by atoms with E-state index in [1.54, 1.807) is 6.08 Å². The van der Waals surface area contributed by atoms with Crippen LogP contribution in [0.3, 0.4) is 0 Å². The zero-order valence-corrected chi connectivity index (χ0v) is 47.4. The first kappa shape index (κ1) is 69.2. The lowest BCUT2D eigenvalue weighted by Gasteiger charge is -2.40. The van der Waals surface area contributed by atoms with Gasteiger partial charge in [0, 0.05) is 12.8 Å². The number of aliphatic hydroxyl groups is 5. The molecule has 7 unspecified atom stereocenters. The summed E-state index contributed by atoms with van der Waals surface area (Å²) in [5.41, 5.74) is 0. The van der Waals surface area contributed by atoms with Gasteiger partial charge in [-0.3, -0.25) is 9.59 Å². The lowest BCUT2D eigenvalue weighted by Crippen LogP contribution is -2.60. The van der Waals surface area contributed by atoms with E-state index in [0.717, 1.165) is 64.2 Å². The highest BCUT2D eigenvalue weighted by Gasteiger charge is 2.44. The second-order valence-corrected chi connectivity index (χ2v) is 21.8. The first-order chi connectivity index (χ1) is 35.7. The average Bonchev–Trinajstić information content (AvgIpc) is 3.39. The summed E-state index contributed by atoms with van der Waals surface area (Å²) in [4.78, 5) is 25.1. The Labute approximate surface area is 448 Å². The Balaban J connectivity index is 2.10. The molecule has 0 aliphatic carbocycles. The Morgan fingerprint density at radius 2 is 0.890 bits per heavy atom. The summed E-state index contributed by atoms with van der Waals surface area (Å²) in [6, 6.07) is -0.829.